The van der Waals surface area contributed by atoms with E-state index in [0.717, 1.165) is 43.2 Å². The third-order valence-electron chi connectivity index (χ3n) is 9.72. The van der Waals surface area contributed by atoms with E-state index in [9.17, 15) is 4.79 Å². The highest BCUT2D eigenvalue weighted by Crippen LogP contribution is 2.47. The molecule has 1 aliphatic carbocycles. The Morgan fingerprint density at radius 2 is 1.96 bits per heavy atom. The molecule has 1 atom stereocenters. The standard InChI is InChI=1S/C37H36FN7O2/c1-4-25-10-8-11-26-12-9-13-28(31(25)26)33-32(38)34-29(21-40-33)35(44-18-19-45(30(46)5-2)27(22-44)20-39-3)42-36(41-34)47-24-37(14-15-37)23-43-16-6-7-17-43/h1,5,8-13,21,27H,2,6-7,14-20,22-24H2/t27-/m0/s1. The van der Waals surface area contributed by atoms with Crippen LogP contribution in [0, 0.1) is 30.1 Å². The number of rotatable bonds is 9. The van der Waals surface area contributed by atoms with Gasteiger partial charge in [-0.25, -0.2) is 11.0 Å². The van der Waals surface area contributed by atoms with Crippen molar-refractivity contribution in [3.05, 3.63) is 78.0 Å². The molecule has 0 radical (unpaired) electrons. The molecule has 0 unspecified atom stereocenters. The molecule has 2 aromatic heterocycles. The molecule has 2 saturated heterocycles. The summed E-state index contributed by atoms with van der Waals surface area (Å²) in [5.74, 6) is 2.39. The number of amides is 1. The topological polar surface area (TPSA) is 79.1 Å². The molecule has 3 fully saturated rings. The van der Waals surface area contributed by atoms with Crippen LogP contribution in [-0.4, -0.2) is 89.1 Å². The molecule has 4 aromatic rings. The highest BCUT2D eigenvalue weighted by Gasteiger charge is 2.45. The maximum absolute atomic E-state index is 16.8. The fourth-order valence-electron chi connectivity index (χ4n) is 7.05. The number of likely N-dealkylation sites (tertiary alicyclic amines) is 1. The predicted octanol–water partition coefficient (Wildman–Crippen LogP) is 5.34. The van der Waals surface area contributed by atoms with Crippen molar-refractivity contribution < 1.29 is 13.9 Å². The molecule has 1 saturated carbocycles. The molecule has 10 heteroatoms. The highest BCUT2D eigenvalue weighted by atomic mass is 19.1. The van der Waals surface area contributed by atoms with Crippen LogP contribution >= 0.6 is 0 Å². The number of anilines is 1. The normalized spacial score (nSPS) is 19.0. The Hall–Kier alpha value is -5.06. The van der Waals surface area contributed by atoms with Crippen molar-refractivity contribution in [2.45, 2.75) is 31.7 Å². The molecular weight excluding hydrogens is 593 g/mol. The summed E-state index contributed by atoms with van der Waals surface area (Å²) in [6, 6.07) is 11.0. The average Bonchev–Trinajstić information content (AvgIpc) is 3.67. The van der Waals surface area contributed by atoms with Gasteiger partial charge in [-0.05, 0) is 56.3 Å². The lowest BCUT2D eigenvalue weighted by atomic mass is 9.97. The number of pyridine rings is 1. The van der Waals surface area contributed by atoms with Crippen molar-refractivity contribution in [2.75, 3.05) is 57.3 Å². The predicted molar refractivity (Wildman–Crippen MR) is 180 cm³/mol. The number of hydrogen-bond donors (Lipinski definition) is 0. The van der Waals surface area contributed by atoms with E-state index in [1.165, 1.54) is 18.9 Å². The minimum atomic E-state index is -0.591. The maximum Gasteiger partial charge on any atom is 0.319 e. The first-order chi connectivity index (χ1) is 22.9. The van der Waals surface area contributed by atoms with Gasteiger partial charge in [0.2, 0.25) is 12.5 Å². The van der Waals surface area contributed by atoms with Gasteiger partial charge in [-0.3, -0.25) is 9.78 Å². The number of piperazine rings is 1. The summed E-state index contributed by atoms with van der Waals surface area (Å²) in [4.78, 5) is 36.4. The van der Waals surface area contributed by atoms with Gasteiger partial charge in [0.1, 0.15) is 23.1 Å². The maximum atomic E-state index is 16.8. The third kappa shape index (κ3) is 5.86. The fourth-order valence-corrected chi connectivity index (χ4v) is 7.05. The van der Waals surface area contributed by atoms with E-state index in [1.807, 2.05) is 41.3 Å². The van der Waals surface area contributed by atoms with Crippen LogP contribution in [0.2, 0.25) is 0 Å². The van der Waals surface area contributed by atoms with E-state index in [0.29, 0.717) is 48.6 Å². The second kappa shape index (κ2) is 12.6. The van der Waals surface area contributed by atoms with E-state index in [1.54, 1.807) is 11.1 Å². The highest BCUT2D eigenvalue weighted by molar-refractivity contribution is 6.02. The van der Waals surface area contributed by atoms with Gasteiger partial charge in [0.05, 0.1) is 12.0 Å². The fraction of sp³-hybridized carbons (Fsp3) is 0.378. The van der Waals surface area contributed by atoms with Crippen molar-refractivity contribution in [3.8, 4) is 29.6 Å². The van der Waals surface area contributed by atoms with Crippen molar-refractivity contribution in [2.24, 2.45) is 5.41 Å². The third-order valence-corrected chi connectivity index (χ3v) is 9.72. The van der Waals surface area contributed by atoms with Gasteiger partial charge in [-0.1, -0.05) is 42.8 Å². The number of ether oxygens (including phenoxy) is 1. The van der Waals surface area contributed by atoms with Crippen LogP contribution < -0.4 is 9.64 Å². The van der Waals surface area contributed by atoms with Crippen LogP contribution in [0.15, 0.2) is 55.3 Å². The number of carbonyl (C=O) groups excluding carboxylic acids is 1. The summed E-state index contributed by atoms with van der Waals surface area (Å²) in [6.07, 6.45) is 13.3. The molecule has 0 spiro atoms. The van der Waals surface area contributed by atoms with Crippen molar-refractivity contribution in [1.29, 1.82) is 0 Å². The Morgan fingerprint density at radius 3 is 2.68 bits per heavy atom. The average molecular weight is 630 g/mol. The van der Waals surface area contributed by atoms with E-state index in [-0.39, 0.29) is 41.1 Å². The molecule has 2 aliphatic heterocycles. The van der Waals surface area contributed by atoms with E-state index >= 15 is 4.39 Å². The van der Waals surface area contributed by atoms with Crippen LogP contribution in [0.4, 0.5) is 10.2 Å². The van der Waals surface area contributed by atoms with Crippen molar-refractivity contribution in [1.82, 2.24) is 24.8 Å². The number of fused-ring (bicyclic) bond motifs is 2. The van der Waals surface area contributed by atoms with Gasteiger partial charge in [0, 0.05) is 54.3 Å². The number of aromatic nitrogens is 3. The molecule has 0 N–H and O–H groups in total. The summed E-state index contributed by atoms with van der Waals surface area (Å²) in [7, 11) is 0. The Balaban J connectivity index is 1.31. The molecule has 7 rings (SSSR count). The lowest BCUT2D eigenvalue weighted by molar-refractivity contribution is -0.128. The quantitative estimate of drug-likeness (QED) is 0.141. The Morgan fingerprint density at radius 1 is 1.17 bits per heavy atom. The van der Waals surface area contributed by atoms with Crippen LogP contribution in [0.3, 0.4) is 0 Å². The minimum absolute atomic E-state index is 0.0523. The zero-order valence-corrected chi connectivity index (χ0v) is 26.3. The van der Waals surface area contributed by atoms with E-state index < -0.39 is 5.82 Å². The number of nitrogens with zero attached hydrogens (tertiary/aromatic N) is 7. The molecular formula is C37H36FN7O2. The molecule has 1 amide bonds. The molecule has 0 bridgehead atoms. The summed E-state index contributed by atoms with van der Waals surface area (Å²) < 4.78 is 23.2. The number of hydrogen-bond acceptors (Lipinski definition) is 7. The first-order valence-electron chi connectivity index (χ1n) is 16.1. The molecule has 238 valence electrons. The zero-order valence-electron chi connectivity index (χ0n) is 26.3. The smallest absolute Gasteiger partial charge is 0.319 e. The molecule has 3 aliphatic rings. The zero-order chi connectivity index (χ0) is 32.5. The summed E-state index contributed by atoms with van der Waals surface area (Å²) in [5.41, 5.74) is 1.52. The minimum Gasteiger partial charge on any atom is -0.463 e. The summed E-state index contributed by atoms with van der Waals surface area (Å²) in [6.45, 7) is 16.0. The lowest BCUT2D eigenvalue weighted by Gasteiger charge is -2.39. The lowest BCUT2D eigenvalue weighted by Crippen LogP contribution is -2.56. The van der Waals surface area contributed by atoms with Gasteiger partial charge < -0.3 is 24.3 Å². The number of terminal acetylenes is 1. The molecule has 2 aromatic carbocycles. The van der Waals surface area contributed by atoms with Crippen LogP contribution in [-0.2, 0) is 4.79 Å². The molecule has 9 nitrogen and oxygen atoms in total. The van der Waals surface area contributed by atoms with Crippen LogP contribution in [0.1, 0.15) is 31.2 Å². The second-order valence-corrected chi connectivity index (χ2v) is 12.8. The van der Waals surface area contributed by atoms with Gasteiger partial charge in [0.25, 0.3) is 0 Å². The van der Waals surface area contributed by atoms with Crippen LogP contribution in [0.25, 0.3) is 37.8 Å². The first-order valence-corrected chi connectivity index (χ1v) is 16.1. The van der Waals surface area contributed by atoms with Gasteiger partial charge in [-0.15, -0.1) is 6.42 Å². The Labute approximate surface area is 273 Å². The summed E-state index contributed by atoms with van der Waals surface area (Å²) >= 11 is 0. The van der Waals surface area contributed by atoms with Crippen LogP contribution in [0.5, 0.6) is 6.01 Å². The van der Waals surface area contributed by atoms with Gasteiger partial charge in [0.15, 0.2) is 5.82 Å². The molecule has 4 heterocycles. The number of halogens is 1. The summed E-state index contributed by atoms with van der Waals surface area (Å²) in [5, 5.41) is 2.06. The van der Waals surface area contributed by atoms with Gasteiger partial charge in [-0.2, -0.15) is 9.97 Å². The van der Waals surface area contributed by atoms with E-state index in [2.05, 4.69) is 32.2 Å². The number of carbonyl (C=O) groups is 1. The second-order valence-electron chi connectivity index (χ2n) is 12.8. The van der Waals surface area contributed by atoms with Gasteiger partial charge >= 0.3 is 6.01 Å². The Kier molecular flexibility index (Phi) is 8.21. The largest absolute Gasteiger partial charge is 0.463 e. The molecule has 47 heavy (non-hydrogen) atoms. The van der Waals surface area contributed by atoms with E-state index in [4.69, 9.17) is 22.7 Å². The van der Waals surface area contributed by atoms with Crippen molar-refractivity contribution in [3.63, 3.8) is 0 Å². The SMILES string of the molecule is [C-]#[N+]C[C@H]1CN(c2nc(OCC3(CN4CCCC4)CC3)nc3c(F)c(-c4cccc5cccc(C#C)c45)ncc23)CCN1C(=O)C=C. The Bertz CT molecular complexity index is 1950. The monoisotopic (exact) mass is 629 g/mol. The first kappa shape index (κ1) is 30.6. The number of benzene rings is 2. The van der Waals surface area contributed by atoms with Crippen molar-refractivity contribution >= 4 is 33.4 Å².